The first-order valence-corrected chi connectivity index (χ1v) is 9.38. The number of aromatic nitrogens is 3. The SMILES string of the molecule is COc1ccc(Nc2ccnc(NCCc3c[nH]c4ccccc34)n2)cc1OC. The summed E-state index contributed by atoms with van der Waals surface area (Å²) in [5, 5.41) is 7.81. The van der Waals surface area contributed by atoms with Gasteiger partial charge in [0.05, 0.1) is 14.2 Å². The van der Waals surface area contributed by atoms with Gasteiger partial charge >= 0.3 is 0 Å². The van der Waals surface area contributed by atoms with Gasteiger partial charge in [-0.05, 0) is 36.2 Å². The molecule has 0 aliphatic carbocycles. The summed E-state index contributed by atoms with van der Waals surface area (Å²) < 4.78 is 10.6. The molecule has 4 aromatic rings. The van der Waals surface area contributed by atoms with Crippen LogP contribution in [0.15, 0.2) is 60.9 Å². The lowest BCUT2D eigenvalue weighted by Gasteiger charge is -2.11. The van der Waals surface area contributed by atoms with Crippen LogP contribution in [0.1, 0.15) is 5.56 Å². The van der Waals surface area contributed by atoms with Gasteiger partial charge in [0.1, 0.15) is 5.82 Å². The maximum atomic E-state index is 5.34. The molecule has 0 unspecified atom stereocenters. The number of hydrogen-bond acceptors (Lipinski definition) is 6. The summed E-state index contributed by atoms with van der Waals surface area (Å²) in [6, 6.07) is 15.7. The van der Waals surface area contributed by atoms with Gasteiger partial charge in [0.2, 0.25) is 5.95 Å². The molecule has 0 amide bonds. The van der Waals surface area contributed by atoms with Gasteiger partial charge in [-0.1, -0.05) is 18.2 Å². The molecule has 4 rings (SSSR count). The lowest BCUT2D eigenvalue weighted by molar-refractivity contribution is 0.355. The van der Waals surface area contributed by atoms with Gasteiger partial charge in [-0.3, -0.25) is 0 Å². The second kappa shape index (κ2) is 8.52. The molecule has 0 atom stereocenters. The lowest BCUT2D eigenvalue weighted by Crippen LogP contribution is -2.08. The Balaban J connectivity index is 1.40. The number of fused-ring (bicyclic) bond motifs is 1. The molecule has 0 aliphatic rings. The van der Waals surface area contributed by atoms with E-state index in [0.29, 0.717) is 23.3 Å². The van der Waals surface area contributed by atoms with Crippen LogP contribution < -0.4 is 20.1 Å². The van der Waals surface area contributed by atoms with E-state index in [9.17, 15) is 0 Å². The van der Waals surface area contributed by atoms with E-state index in [-0.39, 0.29) is 0 Å². The van der Waals surface area contributed by atoms with Crippen LogP contribution in [0.5, 0.6) is 11.5 Å². The summed E-state index contributed by atoms with van der Waals surface area (Å²) >= 11 is 0. The van der Waals surface area contributed by atoms with Crippen LogP contribution in [0.4, 0.5) is 17.5 Å². The topological polar surface area (TPSA) is 84.1 Å². The third-order valence-corrected chi connectivity index (χ3v) is 4.66. The van der Waals surface area contributed by atoms with Gasteiger partial charge in [0.15, 0.2) is 11.5 Å². The van der Waals surface area contributed by atoms with E-state index in [2.05, 4.69) is 50.0 Å². The van der Waals surface area contributed by atoms with Crippen molar-refractivity contribution in [3.63, 3.8) is 0 Å². The van der Waals surface area contributed by atoms with Crippen molar-refractivity contribution in [1.82, 2.24) is 15.0 Å². The average molecular weight is 389 g/mol. The van der Waals surface area contributed by atoms with Crippen LogP contribution in [0.3, 0.4) is 0 Å². The number of nitrogens with one attached hydrogen (secondary N) is 3. The summed E-state index contributed by atoms with van der Waals surface area (Å²) in [5.74, 6) is 2.61. The van der Waals surface area contributed by atoms with Gasteiger partial charge < -0.3 is 25.1 Å². The fourth-order valence-corrected chi connectivity index (χ4v) is 3.22. The molecule has 0 radical (unpaired) electrons. The third-order valence-electron chi connectivity index (χ3n) is 4.66. The minimum absolute atomic E-state index is 0.579. The number of ether oxygens (including phenoxy) is 2. The maximum absolute atomic E-state index is 5.34. The van der Waals surface area contributed by atoms with Crippen LogP contribution in [0.25, 0.3) is 10.9 Å². The van der Waals surface area contributed by atoms with E-state index < -0.39 is 0 Å². The van der Waals surface area contributed by atoms with Crippen LogP contribution in [-0.2, 0) is 6.42 Å². The lowest BCUT2D eigenvalue weighted by atomic mass is 10.1. The monoisotopic (exact) mass is 389 g/mol. The quantitative estimate of drug-likeness (QED) is 0.415. The Hall–Kier alpha value is -3.74. The smallest absolute Gasteiger partial charge is 0.224 e. The highest BCUT2D eigenvalue weighted by molar-refractivity contribution is 5.83. The third kappa shape index (κ3) is 4.24. The van der Waals surface area contributed by atoms with Crippen LogP contribution in [0, 0.1) is 0 Å². The Morgan fingerprint density at radius 3 is 2.72 bits per heavy atom. The highest BCUT2D eigenvalue weighted by Gasteiger charge is 2.07. The Morgan fingerprint density at radius 2 is 1.86 bits per heavy atom. The summed E-state index contributed by atoms with van der Waals surface area (Å²) in [6.07, 6.45) is 4.66. The molecule has 7 nitrogen and oxygen atoms in total. The van der Waals surface area contributed by atoms with E-state index >= 15 is 0 Å². The first-order valence-electron chi connectivity index (χ1n) is 9.38. The number of methoxy groups -OCH3 is 2. The van der Waals surface area contributed by atoms with Crippen molar-refractivity contribution in [1.29, 1.82) is 0 Å². The van der Waals surface area contributed by atoms with Crippen molar-refractivity contribution >= 4 is 28.4 Å². The highest BCUT2D eigenvalue weighted by Crippen LogP contribution is 2.30. The fourth-order valence-electron chi connectivity index (χ4n) is 3.22. The fraction of sp³-hybridized carbons (Fsp3) is 0.182. The summed E-state index contributed by atoms with van der Waals surface area (Å²) in [6.45, 7) is 0.738. The Kier molecular flexibility index (Phi) is 5.47. The average Bonchev–Trinajstić information content (AvgIpc) is 3.17. The summed E-state index contributed by atoms with van der Waals surface area (Å²) in [5.41, 5.74) is 3.28. The molecule has 0 spiro atoms. The Morgan fingerprint density at radius 1 is 1.00 bits per heavy atom. The number of hydrogen-bond donors (Lipinski definition) is 3. The summed E-state index contributed by atoms with van der Waals surface area (Å²) in [4.78, 5) is 12.1. The van der Waals surface area contributed by atoms with E-state index in [4.69, 9.17) is 9.47 Å². The molecule has 29 heavy (non-hydrogen) atoms. The normalized spacial score (nSPS) is 10.7. The number of anilines is 3. The molecule has 2 aromatic heterocycles. The second-order valence-corrected chi connectivity index (χ2v) is 6.50. The Labute approximate surface area is 169 Å². The molecule has 0 saturated heterocycles. The zero-order valence-electron chi connectivity index (χ0n) is 16.4. The molecule has 0 saturated carbocycles. The van der Waals surface area contributed by atoms with Crippen molar-refractivity contribution in [3.05, 3.63) is 66.5 Å². The number of H-pyrrole nitrogens is 1. The van der Waals surface area contributed by atoms with Gasteiger partial charge in [-0.2, -0.15) is 4.98 Å². The molecule has 3 N–H and O–H groups in total. The van der Waals surface area contributed by atoms with Crippen molar-refractivity contribution in [3.8, 4) is 11.5 Å². The van der Waals surface area contributed by atoms with Gasteiger partial charge in [0, 0.05) is 41.6 Å². The zero-order valence-corrected chi connectivity index (χ0v) is 16.4. The molecule has 2 heterocycles. The number of rotatable bonds is 8. The van der Waals surface area contributed by atoms with Crippen molar-refractivity contribution in [2.24, 2.45) is 0 Å². The van der Waals surface area contributed by atoms with Crippen LogP contribution in [0.2, 0.25) is 0 Å². The van der Waals surface area contributed by atoms with Gasteiger partial charge in [-0.15, -0.1) is 0 Å². The standard InChI is InChI=1S/C22H23N5O2/c1-28-19-8-7-16(13-20(19)29-2)26-21-10-12-24-22(27-21)23-11-9-15-14-25-18-6-4-3-5-17(15)18/h3-8,10,12-14,25H,9,11H2,1-2H3,(H2,23,24,26,27). The van der Waals surface area contributed by atoms with E-state index in [1.165, 1.54) is 10.9 Å². The van der Waals surface area contributed by atoms with Crippen LogP contribution in [-0.4, -0.2) is 35.7 Å². The molecular weight excluding hydrogens is 366 g/mol. The minimum atomic E-state index is 0.579. The Bertz CT molecular complexity index is 1110. The van der Waals surface area contributed by atoms with Crippen LogP contribution >= 0.6 is 0 Å². The predicted molar refractivity (Wildman–Crippen MR) is 115 cm³/mol. The number of nitrogens with zero attached hydrogens (tertiary/aromatic N) is 2. The zero-order chi connectivity index (χ0) is 20.1. The number of benzene rings is 2. The molecule has 0 fully saturated rings. The summed E-state index contributed by atoms with van der Waals surface area (Å²) in [7, 11) is 3.23. The molecular formula is C22H23N5O2. The van der Waals surface area contributed by atoms with Gasteiger partial charge in [0.25, 0.3) is 0 Å². The molecule has 2 aromatic carbocycles. The predicted octanol–water partition coefficient (Wildman–Crippen LogP) is 4.37. The number of para-hydroxylation sites is 1. The second-order valence-electron chi connectivity index (χ2n) is 6.50. The largest absolute Gasteiger partial charge is 0.493 e. The first kappa shape index (κ1) is 18.6. The van der Waals surface area contributed by atoms with Gasteiger partial charge in [-0.25, -0.2) is 4.98 Å². The minimum Gasteiger partial charge on any atom is -0.493 e. The van der Waals surface area contributed by atoms with E-state index in [1.807, 2.05) is 30.3 Å². The maximum Gasteiger partial charge on any atom is 0.224 e. The first-order chi connectivity index (χ1) is 14.3. The molecule has 0 bridgehead atoms. The molecule has 148 valence electrons. The van der Waals surface area contributed by atoms with E-state index in [0.717, 1.165) is 24.2 Å². The highest BCUT2D eigenvalue weighted by atomic mass is 16.5. The van der Waals surface area contributed by atoms with Crippen molar-refractivity contribution < 1.29 is 9.47 Å². The van der Waals surface area contributed by atoms with Crippen molar-refractivity contribution in [2.75, 3.05) is 31.4 Å². The van der Waals surface area contributed by atoms with Crippen molar-refractivity contribution in [2.45, 2.75) is 6.42 Å². The molecule has 7 heteroatoms. The molecule has 0 aliphatic heterocycles. The number of aromatic amines is 1. The van der Waals surface area contributed by atoms with E-state index in [1.54, 1.807) is 20.4 Å².